The number of piperidine rings is 1. The molecule has 0 unspecified atom stereocenters. The third kappa shape index (κ3) is 5.39. The molecule has 1 aliphatic rings. The van der Waals surface area contributed by atoms with E-state index in [1.807, 2.05) is 34.6 Å². The van der Waals surface area contributed by atoms with Crippen molar-refractivity contribution in [1.29, 1.82) is 0 Å². The summed E-state index contributed by atoms with van der Waals surface area (Å²) in [6.07, 6.45) is 2.14. The first kappa shape index (κ1) is 14.3. The molecule has 1 amide bonds. The molecule has 0 atom stereocenters. The van der Waals surface area contributed by atoms with Gasteiger partial charge in [0.25, 0.3) is 0 Å². The quantitative estimate of drug-likeness (QED) is 0.748. The van der Waals surface area contributed by atoms with Gasteiger partial charge in [-0.2, -0.15) is 0 Å². The van der Waals surface area contributed by atoms with Crippen molar-refractivity contribution in [2.45, 2.75) is 65.3 Å². The van der Waals surface area contributed by atoms with E-state index < -0.39 is 5.60 Å². The Balaban J connectivity index is 2.34. The number of ether oxygens (including phenoxy) is 2. The third-order valence-electron chi connectivity index (χ3n) is 2.56. The number of carbonyl (C=O) groups is 1. The van der Waals surface area contributed by atoms with Crippen LogP contribution < -0.4 is 0 Å². The van der Waals surface area contributed by atoms with Crippen molar-refractivity contribution in [2.24, 2.45) is 0 Å². The summed E-state index contributed by atoms with van der Waals surface area (Å²) in [5.74, 6) is 0. The zero-order valence-electron chi connectivity index (χ0n) is 11.7. The molecule has 0 aromatic rings. The summed E-state index contributed by atoms with van der Waals surface area (Å²) in [4.78, 5) is 13.6. The molecule has 0 aromatic carbocycles. The van der Waals surface area contributed by atoms with Crippen molar-refractivity contribution in [3.05, 3.63) is 0 Å². The van der Waals surface area contributed by atoms with Gasteiger partial charge in [-0.15, -0.1) is 0 Å². The van der Waals surface area contributed by atoms with Crippen molar-refractivity contribution < 1.29 is 14.3 Å². The van der Waals surface area contributed by atoms with Crippen LogP contribution in [0.4, 0.5) is 4.79 Å². The lowest BCUT2D eigenvalue weighted by Gasteiger charge is -2.34. The Labute approximate surface area is 104 Å². The molecular weight excluding hydrogens is 218 g/mol. The van der Waals surface area contributed by atoms with Gasteiger partial charge in [-0.1, -0.05) is 0 Å². The Bertz CT molecular complexity index is 250. The lowest BCUT2D eigenvalue weighted by Crippen LogP contribution is -2.43. The fourth-order valence-corrected chi connectivity index (χ4v) is 1.89. The van der Waals surface area contributed by atoms with Crippen LogP contribution in [0.2, 0.25) is 0 Å². The summed E-state index contributed by atoms with van der Waals surface area (Å²) in [7, 11) is 0. The van der Waals surface area contributed by atoms with Gasteiger partial charge in [0, 0.05) is 13.1 Å². The molecule has 4 heteroatoms. The van der Waals surface area contributed by atoms with Gasteiger partial charge in [-0.05, 0) is 47.5 Å². The molecular formula is C13H25NO3. The highest BCUT2D eigenvalue weighted by Gasteiger charge is 2.27. The summed E-state index contributed by atoms with van der Waals surface area (Å²) >= 11 is 0. The molecule has 0 aromatic heterocycles. The van der Waals surface area contributed by atoms with E-state index in [2.05, 4.69) is 0 Å². The van der Waals surface area contributed by atoms with E-state index in [1.165, 1.54) is 0 Å². The van der Waals surface area contributed by atoms with Gasteiger partial charge in [-0.3, -0.25) is 0 Å². The maximum absolute atomic E-state index is 11.8. The Morgan fingerprint density at radius 3 is 2.18 bits per heavy atom. The van der Waals surface area contributed by atoms with E-state index in [1.54, 1.807) is 4.90 Å². The Hall–Kier alpha value is -0.770. The van der Waals surface area contributed by atoms with Crippen molar-refractivity contribution in [2.75, 3.05) is 13.1 Å². The number of carbonyl (C=O) groups excluding carboxylic acids is 1. The first-order valence-corrected chi connectivity index (χ1v) is 6.41. The molecule has 0 N–H and O–H groups in total. The van der Waals surface area contributed by atoms with Gasteiger partial charge < -0.3 is 14.4 Å². The predicted octanol–water partition coefficient (Wildman–Crippen LogP) is 2.81. The molecule has 1 aliphatic heterocycles. The summed E-state index contributed by atoms with van der Waals surface area (Å²) < 4.78 is 11.1. The lowest BCUT2D eigenvalue weighted by molar-refractivity contribution is -0.0334. The van der Waals surface area contributed by atoms with Gasteiger partial charge in [0.2, 0.25) is 0 Å². The fourth-order valence-electron chi connectivity index (χ4n) is 1.89. The number of hydrogen-bond donors (Lipinski definition) is 0. The number of amides is 1. The van der Waals surface area contributed by atoms with Crippen molar-refractivity contribution in [3.63, 3.8) is 0 Å². The van der Waals surface area contributed by atoms with Crippen LogP contribution in [0, 0.1) is 0 Å². The molecule has 0 radical (unpaired) electrons. The standard InChI is InChI=1S/C13H25NO3/c1-10(2)16-11-6-8-14(9-7-11)12(15)17-13(3,4)5/h10-11H,6-9H2,1-5H3. The first-order valence-electron chi connectivity index (χ1n) is 6.41. The van der Waals surface area contributed by atoms with Crippen LogP contribution in [0.1, 0.15) is 47.5 Å². The second kappa shape index (κ2) is 5.71. The van der Waals surface area contributed by atoms with Crippen LogP contribution in [0.5, 0.6) is 0 Å². The highest BCUT2D eigenvalue weighted by Crippen LogP contribution is 2.18. The van der Waals surface area contributed by atoms with Crippen LogP contribution >= 0.6 is 0 Å². The van der Waals surface area contributed by atoms with Gasteiger partial charge in [0.1, 0.15) is 5.60 Å². The number of likely N-dealkylation sites (tertiary alicyclic amines) is 1. The predicted molar refractivity (Wildman–Crippen MR) is 67.1 cm³/mol. The van der Waals surface area contributed by atoms with Crippen molar-refractivity contribution in [1.82, 2.24) is 4.90 Å². The van der Waals surface area contributed by atoms with Gasteiger partial charge in [0.15, 0.2) is 0 Å². The molecule has 1 heterocycles. The Morgan fingerprint density at radius 1 is 1.24 bits per heavy atom. The minimum absolute atomic E-state index is 0.208. The zero-order valence-corrected chi connectivity index (χ0v) is 11.7. The summed E-state index contributed by atoms with van der Waals surface area (Å²) in [6, 6.07) is 0. The van der Waals surface area contributed by atoms with Crippen molar-refractivity contribution >= 4 is 6.09 Å². The van der Waals surface area contributed by atoms with E-state index >= 15 is 0 Å². The second-order valence-electron chi connectivity index (χ2n) is 5.85. The molecule has 1 fully saturated rings. The maximum Gasteiger partial charge on any atom is 0.410 e. The Morgan fingerprint density at radius 2 is 1.76 bits per heavy atom. The lowest BCUT2D eigenvalue weighted by atomic mass is 10.1. The largest absolute Gasteiger partial charge is 0.444 e. The zero-order chi connectivity index (χ0) is 13.1. The highest BCUT2D eigenvalue weighted by molar-refractivity contribution is 5.68. The maximum atomic E-state index is 11.8. The average Bonchev–Trinajstić information content (AvgIpc) is 2.15. The fraction of sp³-hybridized carbons (Fsp3) is 0.923. The smallest absolute Gasteiger partial charge is 0.410 e. The number of rotatable bonds is 2. The molecule has 17 heavy (non-hydrogen) atoms. The molecule has 0 spiro atoms. The van der Waals surface area contributed by atoms with E-state index in [0.717, 1.165) is 25.9 Å². The van der Waals surface area contributed by atoms with E-state index in [9.17, 15) is 4.79 Å². The van der Waals surface area contributed by atoms with Gasteiger partial charge >= 0.3 is 6.09 Å². The first-order chi connectivity index (χ1) is 7.78. The monoisotopic (exact) mass is 243 g/mol. The average molecular weight is 243 g/mol. The third-order valence-corrected chi connectivity index (χ3v) is 2.56. The van der Waals surface area contributed by atoms with Crippen LogP contribution in [-0.4, -0.2) is 41.9 Å². The molecule has 1 rings (SSSR count). The minimum atomic E-state index is -0.414. The molecule has 1 saturated heterocycles. The normalized spacial score (nSPS) is 18.6. The molecule has 4 nitrogen and oxygen atoms in total. The molecule has 100 valence electrons. The topological polar surface area (TPSA) is 38.8 Å². The number of nitrogens with zero attached hydrogens (tertiary/aromatic N) is 1. The van der Waals surface area contributed by atoms with Crippen molar-refractivity contribution in [3.8, 4) is 0 Å². The van der Waals surface area contributed by atoms with Crippen LogP contribution in [0.15, 0.2) is 0 Å². The van der Waals surface area contributed by atoms with Crippen LogP contribution in [0.3, 0.4) is 0 Å². The van der Waals surface area contributed by atoms with Gasteiger partial charge in [0.05, 0.1) is 12.2 Å². The molecule has 0 bridgehead atoms. The second-order valence-corrected chi connectivity index (χ2v) is 5.85. The van der Waals surface area contributed by atoms with Crippen LogP contribution in [0.25, 0.3) is 0 Å². The molecule has 0 saturated carbocycles. The van der Waals surface area contributed by atoms with E-state index in [0.29, 0.717) is 0 Å². The SMILES string of the molecule is CC(C)OC1CCN(C(=O)OC(C)(C)C)CC1. The molecule has 0 aliphatic carbocycles. The van der Waals surface area contributed by atoms with E-state index in [-0.39, 0.29) is 18.3 Å². The summed E-state index contributed by atoms with van der Waals surface area (Å²) in [5, 5.41) is 0. The van der Waals surface area contributed by atoms with Gasteiger partial charge in [-0.25, -0.2) is 4.79 Å². The van der Waals surface area contributed by atoms with Crippen LogP contribution in [-0.2, 0) is 9.47 Å². The minimum Gasteiger partial charge on any atom is -0.444 e. The summed E-state index contributed by atoms with van der Waals surface area (Å²) in [5.41, 5.74) is -0.414. The summed E-state index contributed by atoms with van der Waals surface area (Å²) in [6.45, 7) is 11.2. The highest BCUT2D eigenvalue weighted by atomic mass is 16.6. The van der Waals surface area contributed by atoms with E-state index in [4.69, 9.17) is 9.47 Å². The Kier molecular flexibility index (Phi) is 4.80. The number of hydrogen-bond acceptors (Lipinski definition) is 3.